The van der Waals surface area contributed by atoms with E-state index in [0.717, 1.165) is 17.7 Å². The van der Waals surface area contributed by atoms with Gasteiger partial charge in [0.2, 0.25) is 15.9 Å². The van der Waals surface area contributed by atoms with Gasteiger partial charge in [0.25, 0.3) is 0 Å². The summed E-state index contributed by atoms with van der Waals surface area (Å²) in [6.45, 7) is 3.75. The summed E-state index contributed by atoms with van der Waals surface area (Å²) in [6.07, 6.45) is 1.47. The molecule has 2 N–H and O–H groups in total. The number of unbranched alkanes of at least 4 members (excludes halogenated alkanes) is 1. The molecule has 0 radical (unpaired) electrons. The highest BCUT2D eigenvalue weighted by Gasteiger charge is 2.26. The van der Waals surface area contributed by atoms with Crippen LogP contribution in [0.1, 0.15) is 38.2 Å². The summed E-state index contributed by atoms with van der Waals surface area (Å²) in [5.41, 5.74) is 2.10. The minimum absolute atomic E-state index is 0.0546. The molecule has 1 aromatic carbocycles. The highest BCUT2D eigenvalue weighted by molar-refractivity contribution is 7.92. The highest BCUT2D eigenvalue weighted by Crippen LogP contribution is 2.34. The van der Waals surface area contributed by atoms with Crippen LogP contribution >= 0.6 is 0 Å². The number of benzene rings is 1. The Kier molecular flexibility index (Phi) is 3.80. The number of hydrogen-bond donors (Lipinski definition) is 2. The molecule has 104 valence electrons. The monoisotopic (exact) mass is 282 g/mol. The number of fused-ring (bicyclic) bond motifs is 1. The van der Waals surface area contributed by atoms with Crippen LogP contribution in [-0.2, 0) is 14.8 Å². The lowest BCUT2D eigenvalue weighted by molar-refractivity contribution is -0.116. The molecule has 0 aromatic heterocycles. The fourth-order valence-corrected chi connectivity index (χ4v) is 3.30. The van der Waals surface area contributed by atoms with Crippen LogP contribution in [0.4, 0.5) is 11.4 Å². The summed E-state index contributed by atoms with van der Waals surface area (Å²) in [4.78, 5) is 11.5. The Morgan fingerprint density at radius 1 is 1.37 bits per heavy atom. The number of sulfonamides is 1. The van der Waals surface area contributed by atoms with Gasteiger partial charge in [0.05, 0.1) is 11.7 Å². The zero-order valence-electron chi connectivity index (χ0n) is 11.1. The number of amides is 1. The van der Waals surface area contributed by atoms with Gasteiger partial charge in [-0.3, -0.25) is 9.52 Å². The first-order valence-electron chi connectivity index (χ1n) is 6.38. The Morgan fingerprint density at radius 2 is 2.11 bits per heavy atom. The second-order valence-corrected chi connectivity index (χ2v) is 6.63. The van der Waals surface area contributed by atoms with Gasteiger partial charge >= 0.3 is 0 Å². The molecule has 5 nitrogen and oxygen atoms in total. The van der Waals surface area contributed by atoms with E-state index in [2.05, 4.69) is 10.0 Å². The first-order chi connectivity index (χ1) is 8.93. The zero-order chi connectivity index (χ0) is 14.0. The molecule has 1 aromatic rings. The maximum Gasteiger partial charge on any atom is 0.232 e. The van der Waals surface area contributed by atoms with Gasteiger partial charge in [0, 0.05) is 11.4 Å². The van der Waals surface area contributed by atoms with Crippen molar-refractivity contribution in [1.82, 2.24) is 0 Å². The molecule has 0 spiro atoms. The predicted octanol–water partition coefficient (Wildman–Crippen LogP) is 2.28. The molecule has 1 heterocycles. The van der Waals surface area contributed by atoms with Crippen molar-refractivity contribution in [2.45, 2.75) is 32.6 Å². The molecule has 0 bridgehead atoms. The van der Waals surface area contributed by atoms with E-state index in [4.69, 9.17) is 0 Å². The van der Waals surface area contributed by atoms with E-state index in [1.54, 1.807) is 25.1 Å². The maximum absolute atomic E-state index is 11.8. The topological polar surface area (TPSA) is 75.3 Å². The minimum atomic E-state index is -3.30. The number of anilines is 2. The van der Waals surface area contributed by atoms with Crippen molar-refractivity contribution in [3.63, 3.8) is 0 Å². The third kappa shape index (κ3) is 3.07. The number of nitrogens with one attached hydrogen (secondary N) is 2. The molecule has 2 rings (SSSR count). The van der Waals surface area contributed by atoms with E-state index in [0.29, 0.717) is 12.1 Å². The molecule has 0 aliphatic carbocycles. The van der Waals surface area contributed by atoms with Crippen molar-refractivity contribution in [2.75, 3.05) is 15.8 Å². The standard InChI is InChI=1S/C13H18N2O3S/c1-3-4-7-19(17,18)15-10-5-6-12-11(8-10)9(2)13(16)14-12/h5-6,8-9,15H,3-4,7H2,1-2H3,(H,14,16). The predicted molar refractivity (Wildman–Crippen MR) is 75.8 cm³/mol. The van der Waals surface area contributed by atoms with Gasteiger partial charge in [0.1, 0.15) is 0 Å². The second-order valence-electron chi connectivity index (χ2n) is 4.79. The lowest BCUT2D eigenvalue weighted by Gasteiger charge is -2.09. The van der Waals surface area contributed by atoms with Gasteiger partial charge in [-0.05, 0) is 37.1 Å². The van der Waals surface area contributed by atoms with E-state index >= 15 is 0 Å². The molecule has 1 aliphatic heterocycles. The van der Waals surface area contributed by atoms with E-state index in [1.165, 1.54) is 0 Å². The average molecular weight is 282 g/mol. The third-order valence-electron chi connectivity index (χ3n) is 3.21. The lowest BCUT2D eigenvalue weighted by atomic mass is 10.0. The summed E-state index contributed by atoms with van der Waals surface area (Å²) < 4.78 is 26.2. The summed E-state index contributed by atoms with van der Waals surface area (Å²) in [5.74, 6) is -0.177. The van der Waals surface area contributed by atoms with Crippen molar-refractivity contribution in [3.05, 3.63) is 23.8 Å². The molecule has 19 heavy (non-hydrogen) atoms. The number of rotatable bonds is 5. The first kappa shape index (κ1) is 13.9. The summed E-state index contributed by atoms with van der Waals surface area (Å²) in [6, 6.07) is 5.12. The fraction of sp³-hybridized carbons (Fsp3) is 0.462. The molecule has 1 atom stereocenters. The quantitative estimate of drug-likeness (QED) is 0.870. The highest BCUT2D eigenvalue weighted by atomic mass is 32.2. The average Bonchev–Trinajstić information content (AvgIpc) is 2.63. The van der Waals surface area contributed by atoms with E-state index < -0.39 is 10.0 Å². The first-order valence-corrected chi connectivity index (χ1v) is 8.03. The van der Waals surface area contributed by atoms with Crippen LogP contribution in [0.25, 0.3) is 0 Å². The molecular formula is C13H18N2O3S. The van der Waals surface area contributed by atoms with Crippen LogP contribution < -0.4 is 10.0 Å². The second kappa shape index (κ2) is 5.21. The maximum atomic E-state index is 11.8. The van der Waals surface area contributed by atoms with Crippen LogP contribution in [-0.4, -0.2) is 20.1 Å². The minimum Gasteiger partial charge on any atom is -0.325 e. The van der Waals surface area contributed by atoms with Crippen LogP contribution in [0.15, 0.2) is 18.2 Å². The van der Waals surface area contributed by atoms with Crippen molar-refractivity contribution in [3.8, 4) is 0 Å². The fourth-order valence-electron chi connectivity index (χ4n) is 2.05. The van der Waals surface area contributed by atoms with Crippen LogP contribution in [0.5, 0.6) is 0 Å². The lowest BCUT2D eigenvalue weighted by Crippen LogP contribution is -2.16. The number of carbonyl (C=O) groups is 1. The van der Waals surface area contributed by atoms with Gasteiger partial charge in [-0.15, -0.1) is 0 Å². The van der Waals surface area contributed by atoms with Crippen molar-refractivity contribution in [2.24, 2.45) is 0 Å². The Labute approximate surface area is 113 Å². The van der Waals surface area contributed by atoms with Gasteiger partial charge < -0.3 is 5.32 Å². The van der Waals surface area contributed by atoms with Crippen molar-refractivity contribution in [1.29, 1.82) is 0 Å². The van der Waals surface area contributed by atoms with E-state index in [9.17, 15) is 13.2 Å². The third-order valence-corrected chi connectivity index (χ3v) is 4.58. The van der Waals surface area contributed by atoms with Gasteiger partial charge in [-0.25, -0.2) is 8.42 Å². The normalized spacial score (nSPS) is 18.0. The largest absolute Gasteiger partial charge is 0.325 e. The SMILES string of the molecule is CCCCS(=O)(=O)Nc1ccc2c(c1)C(C)C(=O)N2. The molecule has 0 saturated carbocycles. The molecule has 0 saturated heterocycles. The van der Waals surface area contributed by atoms with Crippen LogP contribution in [0, 0.1) is 0 Å². The summed E-state index contributed by atoms with van der Waals surface area (Å²) in [5, 5.41) is 2.76. The molecular weight excluding hydrogens is 264 g/mol. The summed E-state index contributed by atoms with van der Waals surface area (Å²) in [7, 11) is -3.30. The van der Waals surface area contributed by atoms with Crippen LogP contribution in [0.2, 0.25) is 0 Å². The Bertz CT molecular complexity index is 596. The van der Waals surface area contributed by atoms with Crippen molar-refractivity contribution < 1.29 is 13.2 Å². The van der Waals surface area contributed by atoms with Gasteiger partial charge in [0.15, 0.2) is 0 Å². The smallest absolute Gasteiger partial charge is 0.232 e. The molecule has 0 fully saturated rings. The Hall–Kier alpha value is -1.56. The van der Waals surface area contributed by atoms with Gasteiger partial charge in [-0.1, -0.05) is 13.3 Å². The molecule has 1 amide bonds. The Balaban J connectivity index is 2.18. The number of carbonyl (C=O) groups excluding carboxylic acids is 1. The Morgan fingerprint density at radius 3 is 2.79 bits per heavy atom. The van der Waals surface area contributed by atoms with Crippen molar-refractivity contribution >= 4 is 27.3 Å². The number of hydrogen-bond acceptors (Lipinski definition) is 3. The van der Waals surface area contributed by atoms with Crippen LogP contribution in [0.3, 0.4) is 0 Å². The van der Waals surface area contributed by atoms with Gasteiger partial charge in [-0.2, -0.15) is 0 Å². The summed E-state index contributed by atoms with van der Waals surface area (Å²) >= 11 is 0. The molecule has 1 aliphatic rings. The van der Waals surface area contributed by atoms with E-state index in [-0.39, 0.29) is 17.6 Å². The molecule has 1 unspecified atom stereocenters. The van der Waals surface area contributed by atoms with E-state index in [1.807, 2.05) is 6.92 Å². The molecule has 6 heteroatoms. The zero-order valence-corrected chi connectivity index (χ0v) is 11.9.